The Balaban J connectivity index is 0.000000425. The summed E-state index contributed by atoms with van der Waals surface area (Å²) in [4.78, 5) is 10.8. The van der Waals surface area contributed by atoms with E-state index in [9.17, 15) is 4.79 Å². The van der Waals surface area contributed by atoms with Crippen molar-refractivity contribution in [2.75, 3.05) is 17.2 Å². The van der Waals surface area contributed by atoms with Crippen LogP contribution in [-0.2, 0) is 4.74 Å². The number of anilines is 2. The molecule has 0 aliphatic heterocycles. The topological polar surface area (TPSA) is 50.4 Å². The molecular formula is C16H14Cl2KN2O2S-. The molecule has 2 N–H and O–H groups in total. The Hall–Kier alpha value is -0.184. The monoisotopic (exact) mass is 407 g/mol. The quantitative estimate of drug-likeness (QED) is 0.353. The molecule has 0 aliphatic carbocycles. The van der Waals surface area contributed by atoms with Gasteiger partial charge in [0.2, 0.25) is 0 Å². The molecule has 0 fully saturated rings. The molecular weight excluding hydrogens is 394 g/mol. The second-order valence-corrected chi connectivity index (χ2v) is 5.00. The summed E-state index contributed by atoms with van der Waals surface area (Å²) in [5, 5.41) is 6.27. The van der Waals surface area contributed by atoms with Gasteiger partial charge in [0, 0.05) is 10.7 Å². The number of nitrogens with one attached hydrogen (secondary N) is 2. The van der Waals surface area contributed by atoms with Gasteiger partial charge in [-0.15, -0.1) is 23.3 Å². The zero-order valence-electron chi connectivity index (χ0n) is 13.0. The van der Waals surface area contributed by atoms with E-state index in [2.05, 4.69) is 40.0 Å². The maximum Gasteiger partial charge on any atom is 1.00 e. The van der Waals surface area contributed by atoms with Crippen LogP contribution in [0.5, 0.6) is 0 Å². The summed E-state index contributed by atoms with van der Waals surface area (Å²) < 4.78 is 4.58. The minimum atomic E-state index is -0.476. The molecule has 0 unspecified atom stereocenters. The minimum absolute atomic E-state index is 0. The second kappa shape index (κ2) is 14.0. The number of para-hydroxylation sites is 1. The summed E-state index contributed by atoms with van der Waals surface area (Å²) in [7, 11) is 0. The normalized spacial score (nSPS) is 8.79. The first-order valence-corrected chi connectivity index (χ1v) is 7.59. The predicted octanol–water partition coefficient (Wildman–Crippen LogP) is 2.31. The number of hydrogen-bond acceptors (Lipinski definition) is 3. The average Bonchev–Trinajstić information content (AvgIpc) is 2.53. The van der Waals surface area contributed by atoms with E-state index in [1.54, 1.807) is 30.3 Å². The summed E-state index contributed by atoms with van der Waals surface area (Å²) in [6.45, 7) is 3.52. The number of ether oxygens (including phenoxy) is 1. The number of halogens is 2. The largest absolute Gasteiger partial charge is 1.00 e. The first-order chi connectivity index (χ1) is 11.1. The fourth-order valence-electron chi connectivity index (χ4n) is 1.40. The van der Waals surface area contributed by atoms with Crippen molar-refractivity contribution in [3.8, 4) is 0 Å². The maximum absolute atomic E-state index is 10.8. The third kappa shape index (κ3) is 9.95. The molecule has 24 heavy (non-hydrogen) atoms. The van der Waals surface area contributed by atoms with Crippen LogP contribution < -0.4 is 62.0 Å². The van der Waals surface area contributed by atoms with Crippen molar-refractivity contribution < 1.29 is 60.9 Å². The van der Waals surface area contributed by atoms with Crippen LogP contribution in [0.2, 0.25) is 10.0 Å². The molecule has 0 saturated heterocycles. The number of carbonyl (C=O) groups is 1. The number of hydrogen-bond donors (Lipinski definition) is 2. The molecule has 1 amide bonds. The van der Waals surface area contributed by atoms with E-state index in [-0.39, 0.29) is 58.0 Å². The van der Waals surface area contributed by atoms with Crippen molar-refractivity contribution in [1.29, 1.82) is 0 Å². The average molecular weight is 408 g/mol. The summed E-state index contributed by atoms with van der Waals surface area (Å²) >= 11 is 15.9. The van der Waals surface area contributed by atoms with Gasteiger partial charge in [-0.1, -0.05) is 47.5 Å². The van der Waals surface area contributed by atoms with E-state index < -0.39 is 6.09 Å². The molecule has 0 bridgehead atoms. The van der Waals surface area contributed by atoms with Crippen molar-refractivity contribution in [2.24, 2.45) is 0 Å². The zero-order chi connectivity index (χ0) is 17.1. The van der Waals surface area contributed by atoms with Crippen molar-refractivity contribution in [3.05, 3.63) is 65.5 Å². The summed E-state index contributed by atoms with van der Waals surface area (Å²) in [6.07, 6.45) is -0.476. The number of amides is 1. The molecule has 0 radical (unpaired) electrons. The first-order valence-electron chi connectivity index (χ1n) is 6.43. The summed E-state index contributed by atoms with van der Waals surface area (Å²) in [5.41, 5.74) is 3.87. The van der Waals surface area contributed by atoms with E-state index in [0.717, 1.165) is 11.4 Å². The Kier molecular flexibility index (Phi) is 13.9. The maximum atomic E-state index is 10.8. The Bertz CT molecular complexity index is 645. The van der Waals surface area contributed by atoms with Crippen LogP contribution >= 0.6 is 35.4 Å². The van der Waals surface area contributed by atoms with Crippen LogP contribution in [0.3, 0.4) is 0 Å². The molecule has 4 nitrogen and oxygen atoms in total. The fourth-order valence-corrected chi connectivity index (χ4v) is 1.82. The Morgan fingerprint density at radius 3 is 2.33 bits per heavy atom. The molecule has 0 heterocycles. The standard InChI is InChI=1S/C9H10NO2.C7H4Cl2NS.K/c1-2-12-9(11)10-8-6-4-3-5-7-8;8-6-2-1-5(10-4-11)3-7(6)9;/h3-7H,1-2H2,(H,10,11);1-3H,(H,10,11);/q2*-1;+1. The molecule has 0 aliphatic rings. The zero-order valence-corrected chi connectivity index (χ0v) is 18.5. The predicted molar refractivity (Wildman–Crippen MR) is 99.5 cm³/mol. The third-order valence-electron chi connectivity index (χ3n) is 2.37. The first kappa shape index (κ1) is 23.8. The van der Waals surface area contributed by atoms with Gasteiger partial charge in [-0.3, -0.25) is 5.32 Å². The molecule has 0 aromatic heterocycles. The molecule has 2 rings (SSSR count). The molecule has 0 spiro atoms. The van der Waals surface area contributed by atoms with Gasteiger partial charge in [0.15, 0.2) is 0 Å². The number of thiocarbonyl (C=S) groups is 1. The van der Waals surface area contributed by atoms with E-state index in [1.165, 1.54) is 0 Å². The Labute approximate surface area is 199 Å². The van der Waals surface area contributed by atoms with Gasteiger partial charge in [-0.05, 0) is 18.7 Å². The van der Waals surface area contributed by atoms with Crippen LogP contribution in [0, 0.1) is 6.92 Å². The second-order valence-electron chi connectivity index (χ2n) is 3.98. The van der Waals surface area contributed by atoms with Gasteiger partial charge in [-0.2, -0.15) is 0 Å². The van der Waals surface area contributed by atoms with Gasteiger partial charge >= 0.3 is 57.5 Å². The van der Waals surface area contributed by atoms with E-state index >= 15 is 0 Å². The molecule has 2 aromatic carbocycles. The van der Waals surface area contributed by atoms with Gasteiger partial charge < -0.3 is 17.0 Å². The van der Waals surface area contributed by atoms with Crippen LogP contribution in [0.1, 0.15) is 0 Å². The number of benzene rings is 2. The van der Waals surface area contributed by atoms with Gasteiger partial charge in [0.25, 0.3) is 0 Å². The van der Waals surface area contributed by atoms with E-state index in [0.29, 0.717) is 10.0 Å². The minimum Gasteiger partial charge on any atom is -0.515 e. The fraction of sp³-hybridized carbons (Fsp3) is 0.0625. The van der Waals surface area contributed by atoms with Crippen LogP contribution in [-0.4, -0.2) is 18.2 Å². The number of carbonyl (C=O) groups excluding carboxylic acids is 1. The summed E-state index contributed by atoms with van der Waals surface area (Å²) in [5.74, 6) is 0. The molecule has 8 heteroatoms. The smallest absolute Gasteiger partial charge is 0.515 e. The van der Waals surface area contributed by atoms with Crippen molar-refractivity contribution in [3.63, 3.8) is 0 Å². The van der Waals surface area contributed by atoms with Crippen molar-refractivity contribution in [2.45, 2.75) is 0 Å². The van der Waals surface area contributed by atoms with E-state index in [4.69, 9.17) is 23.2 Å². The number of rotatable bonds is 4. The Morgan fingerprint density at radius 2 is 1.79 bits per heavy atom. The molecule has 0 saturated carbocycles. The molecule has 122 valence electrons. The molecule has 0 atom stereocenters. The van der Waals surface area contributed by atoms with Crippen molar-refractivity contribution >= 4 is 58.4 Å². The Morgan fingerprint density at radius 1 is 1.12 bits per heavy atom. The van der Waals surface area contributed by atoms with Crippen molar-refractivity contribution in [1.82, 2.24) is 0 Å². The van der Waals surface area contributed by atoms with Crippen LogP contribution in [0.25, 0.3) is 0 Å². The van der Waals surface area contributed by atoms with Gasteiger partial charge in [-0.25, -0.2) is 17.0 Å². The molecule has 2 aromatic rings. The van der Waals surface area contributed by atoms with Crippen LogP contribution in [0.4, 0.5) is 16.2 Å². The van der Waals surface area contributed by atoms with E-state index in [1.807, 2.05) is 18.2 Å². The third-order valence-corrected chi connectivity index (χ3v) is 3.21. The van der Waals surface area contributed by atoms with Gasteiger partial charge in [0.1, 0.15) is 0 Å². The SMILES string of the molecule is S=[C-]Nc1ccc(Cl)c(Cl)c1.[CH2-]COC(=O)Nc1ccccc1.[K+]. The van der Waals surface area contributed by atoms with Crippen LogP contribution in [0.15, 0.2) is 48.5 Å². The summed E-state index contributed by atoms with van der Waals surface area (Å²) in [6, 6.07) is 14.3. The van der Waals surface area contributed by atoms with Gasteiger partial charge in [0.05, 0.1) is 5.02 Å².